The Kier molecular flexibility index (Phi) is 5.56. The van der Waals surface area contributed by atoms with Gasteiger partial charge in [-0.05, 0) is 12.1 Å². The molecule has 1 saturated heterocycles. The summed E-state index contributed by atoms with van der Waals surface area (Å²) in [6.45, 7) is 1.40. The molecule has 0 aromatic carbocycles. The molecule has 0 amide bonds. The molecule has 0 bridgehead atoms. The molecule has 1 atom stereocenters. The Morgan fingerprint density at radius 2 is 2.20 bits per heavy atom. The molecule has 2 heterocycles. The normalized spacial score (nSPS) is 18.1. The molecule has 0 spiro atoms. The van der Waals surface area contributed by atoms with Crippen LogP contribution in [0.2, 0.25) is 0 Å². The SMILES string of the molecule is Nc1cccnc1O[C@H]1CCOC1.O=C(O)C(F)(F)F. The summed E-state index contributed by atoms with van der Waals surface area (Å²) < 4.78 is 42.5. The van der Waals surface area contributed by atoms with E-state index < -0.39 is 12.1 Å². The second kappa shape index (κ2) is 6.94. The number of aliphatic carboxylic acids is 1. The van der Waals surface area contributed by atoms with E-state index in [9.17, 15) is 13.2 Å². The number of pyridine rings is 1. The van der Waals surface area contributed by atoms with Crippen LogP contribution in [-0.4, -0.2) is 41.6 Å². The van der Waals surface area contributed by atoms with Gasteiger partial charge < -0.3 is 20.3 Å². The average molecular weight is 294 g/mol. The number of carboxylic acid groups (broad SMARTS) is 1. The van der Waals surface area contributed by atoms with E-state index in [1.54, 1.807) is 18.3 Å². The Labute approximate surface area is 112 Å². The lowest BCUT2D eigenvalue weighted by Gasteiger charge is -2.11. The van der Waals surface area contributed by atoms with Crippen molar-refractivity contribution in [3.8, 4) is 5.88 Å². The maximum absolute atomic E-state index is 10.6. The fourth-order valence-corrected chi connectivity index (χ4v) is 1.27. The minimum atomic E-state index is -5.08. The van der Waals surface area contributed by atoms with Gasteiger partial charge in [0.25, 0.3) is 0 Å². The van der Waals surface area contributed by atoms with Crippen LogP contribution in [0.5, 0.6) is 5.88 Å². The summed E-state index contributed by atoms with van der Waals surface area (Å²) in [5, 5.41) is 7.12. The van der Waals surface area contributed by atoms with Crippen molar-refractivity contribution in [3.05, 3.63) is 18.3 Å². The maximum atomic E-state index is 10.6. The number of carbonyl (C=O) groups is 1. The number of ether oxygens (including phenoxy) is 2. The van der Waals surface area contributed by atoms with Gasteiger partial charge in [0, 0.05) is 12.6 Å². The molecule has 0 unspecified atom stereocenters. The molecule has 0 aliphatic carbocycles. The van der Waals surface area contributed by atoms with Crippen LogP contribution in [0.4, 0.5) is 18.9 Å². The van der Waals surface area contributed by atoms with Gasteiger partial charge in [-0.3, -0.25) is 0 Å². The zero-order valence-electron chi connectivity index (χ0n) is 10.3. The number of hydrogen-bond donors (Lipinski definition) is 2. The molecule has 112 valence electrons. The Morgan fingerprint density at radius 3 is 2.65 bits per heavy atom. The van der Waals surface area contributed by atoms with Gasteiger partial charge in [0.05, 0.1) is 18.9 Å². The lowest BCUT2D eigenvalue weighted by molar-refractivity contribution is -0.192. The molecule has 9 heteroatoms. The summed E-state index contributed by atoms with van der Waals surface area (Å²) in [7, 11) is 0. The van der Waals surface area contributed by atoms with E-state index in [4.69, 9.17) is 25.1 Å². The number of halogens is 3. The highest BCUT2D eigenvalue weighted by atomic mass is 19.4. The number of rotatable bonds is 2. The predicted molar refractivity (Wildman–Crippen MR) is 62.2 cm³/mol. The molecule has 0 radical (unpaired) electrons. The van der Waals surface area contributed by atoms with E-state index in [1.807, 2.05) is 0 Å². The minimum absolute atomic E-state index is 0.109. The molecule has 1 aromatic heterocycles. The lowest BCUT2D eigenvalue weighted by Crippen LogP contribution is -2.21. The smallest absolute Gasteiger partial charge is 0.475 e. The van der Waals surface area contributed by atoms with Gasteiger partial charge in [0.2, 0.25) is 5.88 Å². The Balaban J connectivity index is 0.000000246. The van der Waals surface area contributed by atoms with Gasteiger partial charge in [-0.1, -0.05) is 0 Å². The van der Waals surface area contributed by atoms with Gasteiger partial charge in [-0.2, -0.15) is 13.2 Å². The number of anilines is 1. The van der Waals surface area contributed by atoms with Gasteiger partial charge in [0.15, 0.2) is 0 Å². The third-order valence-corrected chi connectivity index (χ3v) is 2.21. The molecule has 3 N–H and O–H groups in total. The standard InChI is InChI=1S/C9H12N2O2.C2HF3O2/c10-8-2-1-4-11-9(8)13-7-3-5-12-6-7;3-2(4,5)1(6)7/h1-2,4,7H,3,5-6,10H2;(H,6,7)/t7-;/m0./s1. The molecular formula is C11H13F3N2O4. The summed E-state index contributed by atoms with van der Waals surface area (Å²) in [6.07, 6.45) is -2.39. The van der Waals surface area contributed by atoms with Crippen molar-refractivity contribution < 1.29 is 32.5 Å². The first kappa shape index (κ1) is 16.0. The number of aromatic nitrogens is 1. The molecular weight excluding hydrogens is 281 g/mol. The fourth-order valence-electron chi connectivity index (χ4n) is 1.27. The molecule has 1 aliphatic rings. The van der Waals surface area contributed by atoms with Crippen LogP contribution in [0.15, 0.2) is 18.3 Å². The molecule has 1 fully saturated rings. The van der Waals surface area contributed by atoms with Gasteiger partial charge in [-0.15, -0.1) is 0 Å². The highest BCUT2D eigenvalue weighted by molar-refractivity contribution is 5.73. The first-order valence-corrected chi connectivity index (χ1v) is 5.55. The van der Waals surface area contributed by atoms with E-state index >= 15 is 0 Å². The predicted octanol–water partition coefficient (Wildman–Crippen LogP) is 1.46. The first-order valence-electron chi connectivity index (χ1n) is 5.55. The summed E-state index contributed by atoms with van der Waals surface area (Å²) in [5.74, 6) is -2.24. The Bertz CT molecular complexity index is 448. The van der Waals surface area contributed by atoms with Crippen molar-refractivity contribution in [1.82, 2.24) is 4.98 Å². The van der Waals surface area contributed by atoms with E-state index in [-0.39, 0.29) is 6.10 Å². The Morgan fingerprint density at radius 1 is 1.55 bits per heavy atom. The van der Waals surface area contributed by atoms with Gasteiger partial charge in [-0.25, -0.2) is 9.78 Å². The largest absolute Gasteiger partial charge is 0.490 e. The van der Waals surface area contributed by atoms with Crippen LogP contribution in [0.3, 0.4) is 0 Å². The quantitative estimate of drug-likeness (QED) is 0.857. The number of nitrogen functional groups attached to an aromatic ring is 1. The minimum Gasteiger partial charge on any atom is -0.475 e. The maximum Gasteiger partial charge on any atom is 0.490 e. The topological polar surface area (TPSA) is 94.7 Å². The number of hydrogen-bond acceptors (Lipinski definition) is 5. The summed E-state index contributed by atoms with van der Waals surface area (Å²) in [5.41, 5.74) is 6.25. The second-order valence-corrected chi connectivity index (χ2v) is 3.80. The van der Waals surface area contributed by atoms with E-state index in [0.29, 0.717) is 18.2 Å². The molecule has 6 nitrogen and oxygen atoms in total. The van der Waals surface area contributed by atoms with Crippen molar-refractivity contribution in [2.75, 3.05) is 18.9 Å². The molecule has 20 heavy (non-hydrogen) atoms. The van der Waals surface area contributed by atoms with Crippen LogP contribution in [0.1, 0.15) is 6.42 Å². The summed E-state index contributed by atoms with van der Waals surface area (Å²) in [4.78, 5) is 12.9. The number of alkyl halides is 3. The van der Waals surface area contributed by atoms with Crippen molar-refractivity contribution in [3.63, 3.8) is 0 Å². The van der Waals surface area contributed by atoms with Crippen molar-refractivity contribution in [2.24, 2.45) is 0 Å². The van der Waals surface area contributed by atoms with Crippen LogP contribution in [-0.2, 0) is 9.53 Å². The molecule has 1 aromatic rings. The summed E-state index contributed by atoms with van der Waals surface area (Å²) in [6, 6.07) is 3.56. The second-order valence-electron chi connectivity index (χ2n) is 3.80. The first-order chi connectivity index (χ1) is 9.30. The Hall–Kier alpha value is -2.03. The fraction of sp³-hybridized carbons (Fsp3) is 0.455. The van der Waals surface area contributed by atoms with Crippen molar-refractivity contribution in [1.29, 1.82) is 0 Å². The van der Waals surface area contributed by atoms with Crippen molar-refractivity contribution >= 4 is 11.7 Å². The number of carboxylic acids is 1. The zero-order valence-corrected chi connectivity index (χ0v) is 10.3. The van der Waals surface area contributed by atoms with Gasteiger partial charge >= 0.3 is 12.1 Å². The third kappa shape index (κ3) is 5.31. The van der Waals surface area contributed by atoms with E-state index in [1.165, 1.54) is 0 Å². The average Bonchev–Trinajstić information content (AvgIpc) is 2.84. The zero-order chi connectivity index (χ0) is 15.2. The van der Waals surface area contributed by atoms with Crippen LogP contribution < -0.4 is 10.5 Å². The number of nitrogens with zero attached hydrogens (tertiary/aromatic N) is 1. The van der Waals surface area contributed by atoms with E-state index in [0.717, 1.165) is 13.0 Å². The van der Waals surface area contributed by atoms with Crippen LogP contribution >= 0.6 is 0 Å². The van der Waals surface area contributed by atoms with E-state index in [2.05, 4.69) is 4.98 Å². The highest BCUT2D eigenvalue weighted by Gasteiger charge is 2.38. The lowest BCUT2D eigenvalue weighted by atomic mass is 10.3. The third-order valence-electron chi connectivity index (χ3n) is 2.21. The number of nitrogens with two attached hydrogens (primary N) is 1. The summed E-state index contributed by atoms with van der Waals surface area (Å²) >= 11 is 0. The van der Waals surface area contributed by atoms with Crippen LogP contribution in [0, 0.1) is 0 Å². The van der Waals surface area contributed by atoms with Gasteiger partial charge in [0.1, 0.15) is 6.10 Å². The van der Waals surface area contributed by atoms with Crippen LogP contribution in [0.25, 0.3) is 0 Å². The molecule has 2 rings (SSSR count). The monoisotopic (exact) mass is 294 g/mol. The van der Waals surface area contributed by atoms with Crippen molar-refractivity contribution in [2.45, 2.75) is 18.7 Å². The highest BCUT2D eigenvalue weighted by Crippen LogP contribution is 2.20. The molecule has 0 saturated carbocycles. The molecule has 1 aliphatic heterocycles.